The molecule has 1 amide bonds. The average molecular weight is 536 g/mol. The molecule has 1 aromatic heterocycles. The summed E-state index contributed by atoms with van der Waals surface area (Å²) >= 11 is 0. The largest absolute Gasteiger partial charge is 0.497 e. The van der Waals surface area contributed by atoms with Crippen molar-refractivity contribution in [1.29, 1.82) is 0 Å². The van der Waals surface area contributed by atoms with Crippen molar-refractivity contribution >= 4 is 50.0 Å². The lowest BCUT2D eigenvalue weighted by molar-refractivity contribution is -0.119. The molecule has 3 aromatic carbocycles. The monoisotopic (exact) mass is 535 g/mol. The van der Waals surface area contributed by atoms with Crippen LogP contribution in [0.2, 0.25) is 0 Å². The fourth-order valence-electron chi connectivity index (χ4n) is 3.55. The number of rotatable bonds is 10. The first-order valence-corrected chi connectivity index (χ1v) is 13.4. The van der Waals surface area contributed by atoms with Crippen molar-refractivity contribution in [1.82, 2.24) is 9.97 Å². The summed E-state index contributed by atoms with van der Waals surface area (Å²) < 4.78 is 40.0. The van der Waals surface area contributed by atoms with Crippen LogP contribution >= 0.6 is 0 Å². The van der Waals surface area contributed by atoms with Crippen LogP contribution in [0.1, 0.15) is 20.3 Å². The molecule has 0 unspecified atom stereocenters. The highest BCUT2D eigenvalue weighted by Crippen LogP contribution is 2.31. The summed E-state index contributed by atoms with van der Waals surface area (Å²) in [5, 5.41) is 5.89. The van der Waals surface area contributed by atoms with Crippen LogP contribution in [-0.4, -0.2) is 38.5 Å². The second-order valence-electron chi connectivity index (χ2n) is 8.57. The first-order chi connectivity index (χ1) is 18.2. The molecule has 0 radical (unpaired) electrons. The zero-order valence-electron chi connectivity index (χ0n) is 21.5. The zero-order valence-corrected chi connectivity index (χ0v) is 22.3. The maximum absolute atomic E-state index is 13.4. The zero-order chi connectivity index (χ0) is 27.3. The molecule has 0 aliphatic carbocycles. The molecule has 11 heteroatoms. The number of nitrogens with one attached hydrogen (secondary N) is 3. The number of carbonyl (C=O) groups is 1. The fourth-order valence-corrected chi connectivity index (χ4v) is 4.61. The Labute approximate surface area is 221 Å². The van der Waals surface area contributed by atoms with Crippen LogP contribution < -0.4 is 24.8 Å². The number of sulfonamides is 1. The number of para-hydroxylation sites is 2. The van der Waals surface area contributed by atoms with E-state index in [4.69, 9.17) is 9.47 Å². The third kappa shape index (κ3) is 6.12. The van der Waals surface area contributed by atoms with Gasteiger partial charge in [0.1, 0.15) is 11.5 Å². The van der Waals surface area contributed by atoms with Gasteiger partial charge in [-0.05, 0) is 36.8 Å². The van der Waals surface area contributed by atoms with Crippen molar-refractivity contribution < 1.29 is 22.7 Å². The minimum Gasteiger partial charge on any atom is -0.497 e. The first-order valence-electron chi connectivity index (χ1n) is 11.9. The summed E-state index contributed by atoms with van der Waals surface area (Å²) in [4.78, 5) is 21.4. The highest BCUT2D eigenvalue weighted by molar-refractivity contribution is 7.92. The lowest BCUT2D eigenvalue weighted by Gasteiger charge is -2.15. The van der Waals surface area contributed by atoms with Gasteiger partial charge in [0, 0.05) is 35.5 Å². The first kappa shape index (κ1) is 26.7. The molecule has 3 N–H and O–H groups in total. The predicted molar refractivity (Wildman–Crippen MR) is 148 cm³/mol. The minimum absolute atomic E-state index is 0.000435. The molecule has 0 aliphatic heterocycles. The van der Waals surface area contributed by atoms with Crippen LogP contribution in [0.25, 0.3) is 11.0 Å². The summed E-state index contributed by atoms with van der Waals surface area (Å²) in [5.41, 5.74) is 2.02. The molecular formula is C27H29N5O5S. The van der Waals surface area contributed by atoms with Crippen molar-refractivity contribution in [2.24, 2.45) is 5.92 Å². The molecule has 0 spiro atoms. The Morgan fingerprint density at radius 2 is 1.50 bits per heavy atom. The van der Waals surface area contributed by atoms with Crippen LogP contribution in [0.3, 0.4) is 0 Å². The van der Waals surface area contributed by atoms with Gasteiger partial charge in [0.05, 0.1) is 30.1 Å². The number of ether oxygens (including phenoxy) is 2. The summed E-state index contributed by atoms with van der Waals surface area (Å²) in [6.45, 7) is 3.72. The topological polar surface area (TPSA) is 132 Å². The van der Waals surface area contributed by atoms with Crippen molar-refractivity contribution in [2.75, 3.05) is 29.6 Å². The fraction of sp³-hybridized carbons (Fsp3) is 0.222. The Kier molecular flexibility index (Phi) is 7.96. The number of carbonyl (C=O) groups excluding carboxylic acids is 1. The molecule has 10 nitrogen and oxygen atoms in total. The predicted octanol–water partition coefficient (Wildman–Crippen LogP) is 5.18. The van der Waals surface area contributed by atoms with Gasteiger partial charge in [-0.2, -0.15) is 0 Å². The Bertz CT molecular complexity index is 1550. The van der Waals surface area contributed by atoms with Crippen molar-refractivity contribution in [3.8, 4) is 11.5 Å². The number of methoxy groups -OCH3 is 2. The Morgan fingerprint density at radius 1 is 0.868 bits per heavy atom. The maximum Gasteiger partial charge on any atom is 0.263 e. The number of hydrogen-bond donors (Lipinski definition) is 3. The van der Waals surface area contributed by atoms with Gasteiger partial charge in [-0.1, -0.05) is 32.0 Å². The Morgan fingerprint density at radius 3 is 2.11 bits per heavy atom. The molecule has 0 aliphatic rings. The van der Waals surface area contributed by atoms with E-state index in [2.05, 4.69) is 25.3 Å². The van der Waals surface area contributed by atoms with Crippen molar-refractivity contribution in [3.05, 3.63) is 66.7 Å². The second-order valence-corrected chi connectivity index (χ2v) is 10.3. The minimum atomic E-state index is -4.10. The summed E-state index contributed by atoms with van der Waals surface area (Å²) in [7, 11) is -1.03. The van der Waals surface area contributed by atoms with E-state index in [0.717, 1.165) is 0 Å². The van der Waals surface area contributed by atoms with Gasteiger partial charge in [-0.3, -0.25) is 9.52 Å². The van der Waals surface area contributed by atoms with Crippen LogP contribution in [0.15, 0.2) is 71.6 Å². The number of hydrogen-bond acceptors (Lipinski definition) is 8. The van der Waals surface area contributed by atoms with Gasteiger partial charge < -0.3 is 20.1 Å². The Balaban J connectivity index is 1.71. The number of amides is 1. The maximum atomic E-state index is 13.4. The van der Waals surface area contributed by atoms with Gasteiger partial charge in [0.2, 0.25) is 5.91 Å². The van der Waals surface area contributed by atoms with Crippen LogP contribution in [0.5, 0.6) is 11.5 Å². The summed E-state index contributed by atoms with van der Waals surface area (Å²) in [6.07, 6.45) is 0.668. The van der Waals surface area contributed by atoms with Crippen LogP contribution in [0, 0.1) is 5.92 Å². The highest BCUT2D eigenvalue weighted by atomic mass is 32.2. The lowest BCUT2D eigenvalue weighted by atomic mass is 10.1. The molecule has 1 atom stereocenters. The third-order valence-electron chi connectivity index (χ3n) is 5.89. The smallest absolute Gasteiger partial charge is 0.263 e. The standard InChI is InChI=1S/C27H29N5O5S/c1-5-17(2)27(33)29-18-9-8-10-22(15-18)38(34,35)32-26-25(30-23-11-6-7-12-24(23)31-26)28-19-13-20(36-3)16-21(14-19)37-4/h6-17H,5H2,1-4H3,(H,28,30)(H,29,33)(H,31,32)/t17-/m0/s1. The van der Waals surface area contributed by atoms with E-state index >= 15 is 0 Å². The quantitative estimate of drug-likeness (QED) is 0.253. The van der Waals surface area contributed by atoms with E-state index in [0.29, 0.717) is 40.3 Å². The number of nitrogens with zero attached hydrogens (tertiary/aromatic N) is 2. The number of anilines is 4. The normalized spacial score (nSPS) is 12.0. The van der Waals surface area contributed by atoms with E-state index < -0.39 is 10.0 Å². The molecule has 4 rings (SSSR count). The summed E-state index contributed by atoms with van der Waals surface area (Å²) in [5.74, 6) is 0.877. The molecule has 1 heterocycles. The van der Waals surface area contributed by atoms with E-state index in [1.54, 1.807) is 48.5 Å². The van der Waals surface area contributed by atoms with Crippen molar-refractivity contribution in [2.45, 2.75) is 25.2 Å². The second kappa shape index (κ2) is 11.3. The molecule has 0 saturated carbocycles. The SMILES string of the molecule is CC[C@H](C)C(=O)Nc1cccc(S(=O)(=O)Nc2nc3ccccc3nc2Nc2cc(OC)cc(OC)c2)c1. The van der Waals surface area contributed by atoms with Gasteiger partial charge in [0.15, 0.2) is 11.6 Å². The molecule has 38 heavy (non-hydrogen) atoms. The average Bonchev–Trinajstić information content (AvgIpc) is 2.92. The molecule has 0 fully saturated rings. The van der Waals surface area contributed by atoms with E-state index in [1.165, 1.54) is 26.4 Å². The molecule has 0 saturated heterocycles. The van der Waals surface area contributed by atoms with Crippen LogP contribution in [0.4, 0.5) is 23.0 Å². The highest BCUT2D eigenvalue weighted by Gasteiger charge is 2.21. The van der Waals surface area contributed by atoms with Gasteiger partial charge in [-0.25, -0.2) is 18.4 Å². The van der Waals surface area contributed by atoms with Gasteiger partial charge in [0.25, 0.3) is 10.0 Å². The molecule has 198 valence electrons. The van der Waals surface area contributed by atoms with Gasteiger partial charge in [-0.15, -0.1) is 0 Å². The molecular weight excluding hydrogens is 506 g/mol. The number of fused-ring (bicyclic) bond motifs is 1. The van der Waals surface area contributed by atoms with E-state index in [9.17, 15) is 13.2 Å². The number of aromatic nitrogens is 2. The molecule has 4 aromatic rings. The van der Waals surface area contributed by atoms with Crippen molar-refractivity contribution in [3.63, 3.8) is 0 Å². The number of benzene rings is 3. The summed E-state index contributed by atoms with van der Waals surface area (Å²) in [6, 6.07) is 18.3. The molecule has 0 bridgehead atoms. The lowest BCUT2D eigenvalue weighted by Crippen LogP contribution is -2.20. The van der Waals surface area contributed by atoms with Gasteiger partial charge >= 0.3 is 0 Å². The van der Waals surface area contributed by atoms with Crippen LogP contribution in [-0.2, 0) is 14.8 Å². The Hall–Kier alpha value is -4.38. The van der Waals surface area contributed by atoms with E-state index in [-0.39, 0.29) is 28.4 Å². The third-order valence-corrected chi connectivity index (χ3v) is 7.22. The van der Waals surface area contributed by atoms with E-state index in [1.807, 2.05) is 19.9 Å².